The fourth-order valence-corrected chi connectivity index (χ4v) is 5.70. The summed E-state index contributed by atoms with van der Waals surface area (Å²) in [5.41, 5.74) is 8.26. The number of nitrogens with two attached hydrogens (primary N) is 1. The zero-order chi connectivity index (χ0) is 27.2. The van der Waals surface area contributed by atoms with Gasteiger partial charge in [0.05, 0.1) is 31.1 Å². The number of halogens is 2. The Hall–Kier alpha value is -3.53. The van der Waals surface area contributed by atoms with Gasteiger partial charge in [0.2, 0.25) is 0 Å². The van der Waals surface area contributed by atoms with Crippen LogP contribution in [0.1, 0.15) is 37.4 Å². The van der Waals surface area contributed by atoms with Crippen molar-refractivity contribution in [2.75, 3.05) is 37.7 Å². The number of hydrogen-bond donors (Lipinski definition) is 1. The van der Waals surface area contributed by atoms with Crippen LogP contribution in [-0.2, 0) is 11.8 Å². The number of alkyl halides is 1. The van der Waals surface area contributed by atoms with Gasteiger partial charge in [-0.1, -0.05) is 0 Å². The van der Waals surface area contributed by atoms with E-state index in [1.807, 2.05) is 32.3 Å². The van der Waals surface area contributed by atoms with Crippen molar-refractivity contribution in [2.24, 2.45) is 18.7 Å². The van der Waals surface area contributed by atoms with Gasteiger partial charge < -0.3 is 20.3 Å². The first-order valence-electron chi connectivity index (χ1n) is 12.9. The summed E-state index contributed by atoms with van der Waals surface area (Å²) in [6.07, 6.45) is 4.06. The minimum atomic E-state index is -1.62. The molecule has 4 heterocycles. The normalized spacial score (nSPS) is 20.3. The average molecular weight is 525 g/mol. The zero-order valence-corrected chi connectivity index (χ0v) is 22.2. The Bertz CT molecular complexity index is 1350. The van der Waals surface area contributed by atoms with Gasteiger partial charge >= 0.3 is 6.03 Å². The molecule has 2 saturated heterocycles. The van der Waals surface area contributed by atoms with Crippen molar-refractivity contribution in [3.63, 3.8) is 0 Å². The number of carbonyl (C=O) groups is 1. The van der Waals surface area contributed by atoms with E-state index < -0.39 is 29.5 Å². The third kappa shape index (κ3) is 4.97. The number of hydrogen-bond acceptors (Lipinski definition) is 5. The highest BCUT2D eigenvalue weighted by Crippen LogP contribution is 2.46. The number of benzene rings is 1. The van der Waals surface area contributed by atoms with Crippen LogP contribution in [0.2, 0.25) is 0 Å². The second-order valence-electron chi connectivity index (χ2n) is 10.7. The second-order valence-corrected chi connectivity index (χ2v) is 10.7. The fraction of sp³-hybridized carbons (Fsp3) is 0.464. The highest BCUT2D eigenvalue weighted by molar-refractivity contribution is 5.77. The van der Waals surface area contributed by atoms with Gasteiger partial charge in [-0.25, -0.2) is 18.6 Å². The molecule has 1 aromatic carbocycles. The predicted molar refractivity (Wildman–Crippen MR) is 142 cm³/mol. The molecule has 5 rings (SSSR count). The number of pyridine rings is 1. The van der Waals surface area contributed by atoms with Crippen LogP contribution in [0, 0.1) is 18.7 Å². The lowest BCUT2D eigenvalue weighted by Crippen LogP contribution is -2.39. The molecule has 2 aliphatic rings. The highest BCUT2D eigenvalue weighted by atomic mass is 19.1. The van der Waals surface area contributed by atoms with Crippen LogP contribution in [0.25, 0.3) is 22.4 Å². The number of primary amides is 1. The summed E-state index contributed by atoms with van der Waals surface area (Å²) in [6.45, 7) is 7.70. The lowest BCUT2D eigenvalue weighted by Gasteiger charge is -2.33. The van der Waals surface area contributed by atoms with Gasteiger partial charge in [-0.3, -0.25) is 4.68 Å². The number of anilines is 1. The molecule has 38 heavy (non-hydrogen) atoms. The molecule has 10 heteroatoms. The van der Waals surface area contributed by atoms with Crippen LogP contribution < -0.4 is 10.6 Å². The SMILES string of the molecule is Cc1cc(F)c(C2C(C(C)(C)F)CCN2C(N)=O)cc1-c1cc(-c2cnn(C)c2)nc(N2CCOCC2)c1. The highest BCUT2D eigenvalue weighted by Gasteiger charge is 2.46. The fourth-order valence-electron chi connectivity index (χ4n) is 5.70. The van der Waals surface area contributed by atoms with E-state index in [1.54, 1.807) is 16.9 Å². The molecule has 2 unspecified atom stereocenters. The molecule has 202 valence electrons. The summed E-state index contributed by atoms with van der Waals surface area (Å²) < 4.78 is 38.1. The first-order chi connectivity index (χ1) is 18.0. The number of aromatic nitrogens is 3. The van der Waals surface area contributed by atoms with Crippen molar-refractivity contribution in [3.05, 3.63) is 53.6 Å². The third-order valence-electron chi connectivity index (χ3n) is 7.68. The van der Waals surface area contributed by atoms with Crippen molar-refractivity contribution < 1.29 is 18.3 Å². The second kappa shape index (κ2) is 9.98. The molecule has 8 nitrogen and oxygen atoms in total. The van der Waals surface area contributed by atoms with Gasteiger partial charge in [0.25, 0.3) is 0 Å². The molecule has 3 aromatic rings. The van der Waals surface area contributed by atoms with E-state index in [1.165, 1.54) is 24.8 Å². The van der Waals surface area contributed by atoms with Gasteiger partial charge in [0.1, 0.15) is 17.3 Å². The summed E-state index contributed by atoms with van der Waals surface area (Å²) in [7, 11) is 1.85. The van der Waals surface area contributed by atoms with Gasteiger partial charge in [-0.05, 0) is 68.1 Å². The number of urea groups is 1. The Morgan fingerprint density at radius 2 is 1.87 bits per heavy atom. The molecular formula is C28H34F2N6O2. The zero-order valence-electron chi connectivity index (χ0n) is 22.2. The number of rotatable bonds is 5. The third-order valence-corrected chi connectivity index (χ3v) is 7.68. The van der Waals surface area contributed by atoms with Gasteiger partial charge in [0, 0.05) is 49.9 Å². The monoisotopic (exact) mass is 524 g/mol. The van der Waals surface area contributed by atoms with Crippen molar-refractivity contribution in [2.45, 2.75) is 38.9 Å². The van der Waals surface area contributed by atoms with E-state index in [0.29, 0.717) is 32.7 Å². The van der Waals surface area contributed by atoms with Crippen LogP contribution in [0.3, 0.4) is 0 Å². The van der Waals surface area contributed by atoms with Crippen LogP contribution in [0.15, 0.2) is 36.7 Å². The predicted octanol–water partition coefficient (Wildman–Crippen LogP) is 4.62. The first kappa shape index (κ1) is 26.1. The topological polar surface area (TPSA) is 89.5 Å². The quantitative estimate of drug-likeness (QED) is 0.526. The molecule has 2 amide bonds. The lowest BCUT2D eigenvalue weighted by molar-refractivity contribution is 0.0940. The molecule has 0 bridgehead atoms. The minimum Gasteiger partial charge on any atom is -0.378 e. The molecule has 0 radical (unpaired) electrons. The van der Waals surface area contributed by atoms with Crippen LogP contribution >= 0.6 is 0 Å². The van der Waals surface area contributed by atoms with Gasteiger partial charge in [-0.15, -0.1) is 0 Å². The Labute approximate surface area is 221 Å². The Balaban J connectivity index is 1.66. The summed E-state index contributed by atoms with van der Waals surface area (Å²) in [5.74, 6) is -0.279. The molecule has 2 aromatic heterocycles. The molecule has 2 fully saturated rings. The molecule has 0 aliphatic carbocycles. The lowest BCUT2D eigenvalue weighted by atomic mass is 9.81. The maximum Gasteiger partial charge on any atom is 0.315 e. The summed E-state index contributed by atoms with van der Waals surface area (Å²) in [4.78, 5) is 20.8. The summed E-state index contributed by atoms with van der Waals surface area (Å²) in [5, 5.41) is 4.30. The maximum absolute atomic E-state index is 15.6. The first-order valence-corrected chi connectivity index (χ1v) is 12.9. The molecule has 0 saturated carbocycles. The smallest absolute Gasteiger partial charge is 0.315 e. The summed E-state index contributed by atoms with van der Waals surface area (Å²) >= 11 is 0. The Kier molecular flexibility index (Phi) is 6.85. The molecule has 2 aliphatic heterocycles. The average Bonchev–Trinajstić information content (AvgIpc) is 3.51. The number of aryl methyl sites for hydroxylation is 2. The number of amides is 2. The number of likely N-dealkylation sites (tertiary alicyclic amines) is 1. The van der Waals surface area contributed by atoms with Crippen molar-refractivity contribution in [1.29, 1.82) is 0 Å². The molecule has 0 spiro atoms. The standard InChI is InChI=1S/C28H34F2N6O2/c1-17-11-23(29)21(26-22(28(2,3)30)5-6-36(26)27(31)37)14-20(17)18-12-24(19-15-32-34(4)16-19)33-25(13-18)35-7-9-38-10-8-35/h11-16,22,26H,5-10H2,1-4H3,(H2,31,37). The Morgan fingerprint density at radius 3 is 2.50 bits per heavy atom. The van der Waals surface area contributed by atoms with Crippen molar-refractivity contribution in [1.82, 2.24) is 19.7 Å². The van der Waals surface area contributed by atoms with Crippen LogP contribution in [0.4, 0.5) is 19.4 Å². The maximum atomic E-state index is 15.6. The van der Waals surface area contributed by atoms with Crippen molar-refractivity contribution >= 4 is 11.8 Å². The van der Waals surface area contributed by atoms with E-state index in [0.717, 1.165) is 33.8 Å². The van der Waals surface area contributed by atoms with E-state index in [9.17, 15) is 4.79 Å². The van der Waals surface area contributed by atoms with Crippen LogP contribution in [0.5, 0.6) is 0 Å². The molecule has 2 atom stereocenters. The Morgan fingerprint density at radius 1 is 1.13 bits per heavy atom. The number of carbonyl (C=O) groups excluding carboxylic acids is 1. The van der Waals surface area contributed by atoms with E-state index in [2.05, 4.69) is 10.00 Å². The number of morpholine rings is 1. The molecular weight excluding hydrogens is 490 g/mol. The number of nitrogens with zero attached hydrogens (tertiary/aromatic N) is 5. The van der Waals surface area contributed by atoms with E-state index >= 15 is 8.78 Å². The minimum absolute atomic E-state index is 0.269. The van der Waals surface area contributed by atoms with Crippen LogP contribution in [-0.4, -0.2) is 64.2 Å². The van der Waals surface area contributed by atoms with Crippen molar-refractivity contribution in [3.8, 4) is 22.4 Å². The van der Waals surface area contributed by atoms with E-state index in [4.69, 9.17) is 15.5 Å². The number of ether oxygens (including phenoxy) is 1. The van der Waals surface area contributed by atoms with Gasteiger partial charge in [0.15, 0.2) is 0 Å². The summed E-state index contributed by atoms with van der Waals surface area (Å²) in [6, 6.07) is 5.68. The largest absolute Gasteiger partial charge is 0.378 e. The van der Waals surface area contributed by atoms with Gasteiger partial charge in [-0.2, -0.15) is 5.10 Å². The molecule has 2 N–H and O–H groups in total. The van der Waals surface area contributed by atoms with E-state index in [-0.39, 0.29) is 12.1 Å².